The Bertz CT molecular complexity index is 331. The molecule has 1 saturated heterocycles. The van der Waals surface area contributed by atoms with E-state index in [1.807, 2.05) is 13.0 Å². The van der Waals surface area contributed by atoms with E-state index in [1.54, 1.807) is 0 Å². The maximum Gasteiger partial charge on any atom is 0.150 e. The molecule has 17 heavy (non-hydrogen) atoms. The minimum absolute atomic E-state index is 0.834. The van der Waals surface area contributed by atoms with E-state index >= 15 is 0 Å². The Balaban J connectivity index is 1.83. The zero-order valence-corrected chi connectivity index (χ0v) is 10.9. The predicted octanol–water partition coefficient (Wildman–Crippen LogP) is 1.80. The Kier molecular flexibility index (Phi) is 4.57. The number of hydrogen-bond donors (Lipinski definition) is 1. The fraction of sp³-hybridized carbons (Fsp3) is 0.769. The van der Waals surface area contributed by atoms with Crippen molar-refractivity contribution in [3.63, 3.8) is 0 Å². The highest BCUT2D eigenvalue weighted by molar-refractivity contribution is 5.02. The van der Waals surface area contributed by atoms with Gasteiger partial charge in [-0.15, -0.1) is 0 Å². The van der Waals surface area contributed by atoms with Crippen LogP contribution in [0.15, 0.2) is 10.6 Å². The molecule has 1 aromatic heterocycles. The molecule has 96 valence electrons. The molecular formula is C13H23N3O. The van der Waals surface area contributed by atoms with Crippen LogP contribution in [0.1, 0.15) is 31.2 Å². The Labute approximate surface area is 103 Å². The lowest BCUT2D eigenvalue weighted by Crippen LogP contribution is -2.35. The SMILES string of the molecule is CCN(Cc1cc(C)no1)CC1CCNCC1. The first-order chi connectivity index (χ1) is 8.28. The molecular weight excluding hydrogens is 214 g/mol. The van der Waals surface area contributed by atoms with E-state index in [0.29, 0.717) is 0 Å². The summed E-state index contributed by atoms with van der Waals surface area (Å²) in [5.41, 5.74) is 0.970. The summed E-state index contributed by atoms with van der Waals surface area (Å²) in [5.74, 6) is 1.82. The largest absolute Gasteiger partial charge is 0.360 e. The number of hydrogen-bond acceptors (Lipinski definition) is 4. The van der Waals surface area contributed by atoms with Gasteiger partial charge in [0.2, 0.25) is 0 Å². The Morgan fingerprint density at radius 3 is 2.82 bits per heavy atom. The van der Waals surface area contributed by atoms with Crippen molar-refractivity contribution in [3.8, 4) is 0 Å². The van der Waals surface area contributed by atoms with Crippen molar-refractivity contribution in [1.82, 2.24) is 15.4 Å². The average molecular weight is 237 g/mol. The molecule has 0 amide bonds. The molecule has 0 saturated carbocycles. The molecule has 1 aromatic rings. The summed E-state index contributed by atoms with van der Waals surface area (Å²) >= 11 is 0. The lowest BCUT2D eigenvalue weighted by atomic mass is 9.97. The number of rotatable bonds is 5. The molecule has 0 spiro atoms. The molecule has 0 radical (unpaired) electrons. The zero-order chi connectivity index (χ0) is 12.1. The second kappa shape index (κ2) is 6.17. The summed E-state index contributed by atoms with van der Waals surface area (Å²) in [4.78, 5) is 2.45. The number of aromatic nitrogens is 1. The number of nitrogens with zero attached hydrogens (tertiary/aromatic N) is 2. The quantitative estimate of drug-likeness (QED) is 0.848. The molecule has 0 aliphatic carbocycles. The van der Waals surface area contributed by atoms with Crippen LogP contribution in [0.4, 0.5) is 0 Å². The molecule has 0 bridgehead atoms. The molecule has 2 heterocycles. The smallest absolute Gasteiger partial charge is 0.150 e. The Hall–Kier alpha value is -0.870. The first-order valence-electron chi connectivity index (χ1n) is 6.63. The summed E-state index contributed by atoms with van der Waals surface area (Å²) < 4.78 is 5.28. The molecule has 4 nitrogen and oxygen atoms in total. The van der Waals surface area contributed by atoms with Crippen molar-refractivity contribution >= 4 is 0 Å². The van der Waals surface area contributed by atoms with Crippen LogP contribution < -0.4 is 5.32 Å². The van der Waals surface area contributed by atoms with Crippen LogP contribution in [-0.4, -0.2) is 36.2 Å². The van der Waals surface area contributed by atoms with Crippen molar-refractivity contribution in [2.75, 3.05) is 26.2 Å². The van der Waals surface area contributed by atoms with Gasteiger partial charge in [-0.3, -0.25) is 4.90 Å². The number of aryl methyl sites for hydroxylation is 1. The van der Waals surface area contributed by atoms with Crippen molar-refractivity contribution in [3.05, 3.63) is 17.5 Å². The van der Waals surface area contributed by atoms with Crippen LogP contribution in [0.5, 0.6) is 0 Å². The van der Waals surface area contributed by atoms with E-state index in [-0.39, 0.29) is 0 Å². The summed E-state index contributed by atoms with van der Waals surface area (Å²) in [7, 11) is 0. The van der Waals surface area contributed by atoms with Crippen LogP contribution in [0.3, 0.4) is 0 Å². The van der Waals surface area contributed by atoms with Gasteiger partial charge in [0, 0.05) is 12.6 Å². The molecule has 1 N–H and O–H groups in total. The monoisotopic (exact) mass is 237 g/mol. The van der Waals surface area contributed by atoms with E-state index in [1.165, 1.54) is 32.5 Å². The first kappa shape index (κ1) is 12.6. The number of nitrogens with one attached hydrogen (secondary N) is 1. The van der Waals surface area contributed by atoms with Gasteiger partial charge in [0.25, 0.3) is 0 Å². The van der Waals surface area contributed by atoms with Gasteiger partial charge in [-0.1, -0.05) is 12.1 Å². The fourth-order valence-corrected chi connectivity index (χ4v) is 2.45. The van der Waals surface area contributed by atoms with Gasteiger partial charge in [0.1, 0.15) is 0 Å². The number of piperidine rings is 1. The maximum absolute atomic E-state index is 5.28. The second-order valence-electron chi connectivity index (χ2n) is 4.96. The highest BCUT2D eigenvalue weighted by Gasteiger charge is 2.17. The fourth-order valence-electron chi connectivity index (χ4n) is 2.45. The van der Waals surface area contributed by atoms with E-state index in [4.69, 9.17) is 4.52 Å². The minimum atomic E-state index is 0.834. The first-order valence-corrected chi connectivity index (χ1v) is 6.63. The van der Waals surface area contributed by atoms with Crippen molar-refractivity contribution in [2.45, 2.75) is 33.2 Å². The molecule has 4 heteroatoms. The van der Waals surface area contributed by atoms with Gasteiger partial charge in [0.15, 0.2) is 5.76 Å². The van der Waals surface area contributed by atoms with E-state index in [2.05, 4.69) is 22.3 Å². The third-order valence-corrected chi connectivity index (χ3v) is 3.48. The van der Waals surface area contributed by atoms with Crippen LogP contribution in [0.25, 0.3) is 0 Å². The van der Waals surface area contributed by atoms with Crippen LogP contribution in [-0.2, 0) is 6.54 Å². The van der Waals surface area contributed by atoms with E-state index in [9.17, 15) is 0 Å². The second-order valence-corrected chi connectivity index (χ2v) is 4.96. The summed E-state index contributed by atoms with van der Waals surface area (Å²) in [5, 5.41) is 7.35. The average Bonchev–Trinajstić information content (AvgIpc) is 2.75. The van der Waals surface area contributed by atoms with E-state index in [0.717, 1.165) is 30.5 Å². The van der Waals surface area contributed by atoms with Gasteiger partial charge in [-0.2, -0.15) is 0 Å². The van der Waals surface area contributed by atoms with Gasteiger partial charge < -0.3 is 9.84 Å². The standard InChI is InChI=1S/C13H23N3O/c1-3-16(9-12-4-6-14-7-5-12)10-13-8-11(2)15-17-13/h8,12,14H,3-7,9-10H2,1-2H3. The summed E-state index contributed by atoms with van der Waals surface area (Å²) in [6, 6.07) is 2.03. The maximum atomic E-state index is 5.28. The van der Waals surface area contributed by atoms with Gasteiger partial charge >= 0.3 is 0 Å². The summed E-state index contributed by atoms with van der Waals surface area (Å²) in [6.45, 7) is 9.66. The van der Waals surface area contributed by atoms with Crippen LogP contribution >= 0.6 is 0 Å². The van der Waals surface area contributed by atoms with Crippen molar-refractivity contribution in [1.29, 1.82) is 0 Å². The highest BCUT2D eigenvalue weighted by Crippen LogP contribution is 2.15. The zero-order valence-electron chi connectivity index (χ0n) is 10.9. The Morgan fingerprint density at radius 1 is 1.47 bits per heavy atom. The topological polar surface area (TPSA) is 41.3 Å². The third kappa shape index (κ3) is 3.82. The Morgan fingerprint density at radius 2 is 2.24 bits per heavy atom. The van der Waals surface area contributed by atoms with Crippen molar-refractivity contribution < 1.29 is 4.52 Å². The van der Waals surface area contributed by atoms with Gasteiger partial charge in [-0.05, 0) is 45.3 Å². The molecule has 0 aromatic carbocycles. The van der Waals surface area contributed by atoms with E-state index < -0.39 is 0 Å². The normalized spacial score (nSPS) is 17.8. The van der Waals surface area contributed by atoms with Gasteiger partial charge in [0.05, 0.1) is 12.2 Å². The van der Waals surface area contributed by atoms with Gasteiger partial charge in [-0.25, -0.2) is 0 Å². The summed E-state index contributed by atoms with van der Waals surface area (Å²) in [6.07, 6.45) is 2.60. The predicted molar refractivity (Wildman–Crippen MR) is 67.8 cm³/mol. The third-order valence-electron chi connectivity index (χ3n) is 3.48. The lowest BCUT2D eigenvalue weighted by molar-refractivity contribution is 0.188. The van der Waals surface area contributed by atoms with Crippen molar-refractivity contribution in [2.24, 2.45) is 5.92 Å². The molecule has 1 aliphatic rings. The molecule has 0 unspecified atom stereocenters. The molecule has 1 aliphatic heterocycles. The van der Waals surface area contributed by atoms with Crippen LogP contribution in [0, 0.1) is 12.8 Å². The minimum Gasteiger partial charge on any atom is -0.360 e. The molecule has 2 rings (SSSR count). The molecule has 0 atom stereocenters. The lowest BCUT2D eigenvalue weighted by Gasteiger charge is -2.28. The highest BCUT2D eigenvalue weighted by atomic mass is 16.5. The van der Waals surface area contributed by atoms with Crippen LogP contribution in [0.2, 0.25) is 0 Å². The molecule has 1 fully saturated rings.